The molecule has 0 aliphatic heterocycles. The Balaban J connectivity index is 1.71. The van der Waals surface area contributed by atoms with Gasteiger partial charge >= 0.3 is 0 Å². The van der Waals surface area contributed by atoms with Gasteiger partial charge in [0, 0.05) is 35.2 Å². The number of carbonyl (C=O) groups is 1. The third kappa shape index (κ3) is 4.31. The monoisotopic (exact) mass is 470 g/mol. The highest BCUT2D eigenvalue weighted by molar-refractivity contribution is 6.32. The molecule has 1 aromatic heterocycles. The Hall–Kier alpha value is -3.21. The number of fused-ring (bicyclic) bond motifs is 1. The number of phenols is 1. The van der Waals surface area contributed by atoms with Crippen molar-refractivity contribution in [2.24, 2.45) is 5.92 Å². The van der Waals surface area contributed by atoms with Gasteiger partial charge in [-0.05, 0) is 85.9 Å². The predicted molar refractivity (Wildman–Crippen MR) is 138 cm³/mol. The number of rotatable bonds is 6. The molecule has 1 saturated carbocycles. The Kier molecular flexibility index (Phi) is 5.88. The molecule has 0 unspecified atom stereocenters. The molecule has 0 saturated heterocycles. The Morgan fingerprint density at radius 1 is 1.03 bits per heavy atom. The summed E-state index contributed by atoms with van der Waals surface area (Å²) in [7, 11) is 4.10. The summed E-state index contributed by atoms with van der Waals surface area (Å²) in [6.45, 7) is 2.69. The number of hydrogen-bond donors (Lipinski definition) is 1. The van der Waals surface area contributed by atoms with Crippen molar-refractivity contribution in [1.29, 1.82) is 0 Å². The number of aromatic hydroxyl groups is 1. The highest BCUT2D eigenvalue weighted by atomic mass is 35.5. The van der Waals surface area contributed by atoms with Gasteiger partial charge in [-0.15, -0.1) is 0 Å². The summed E-state index contributed by atoms with van der Waals surface area (Å²) < 4.78 is 0. The van der Waals surface area contributed by atoms with Gasteiger partial charge in [0.2, 0.25) is 0 Å². The van der Waals surface area contributed by atoms with E-state index in [2.05, 4.69) is 54.3 Å². The number of halogens is 1. The Bertz CT molecular complexity index is 1380. The maximum absolute atomic E-state index is 13.2. The van der Waals surface area contributed by atoms with Crippen molar-refractivity contribution >= 4 is 28.3 Å². The highest BCUT2D eigenvalue weighted by Gasteiger charge is 2.32. The standard InChI is InChI=1S/C29H27ClN2O2/c1-17-12-22(14-25(30)28(17)33)21-10-11-26-23(13-21)27(24(15-31-26)29(34)20-8-9-20)19-6-4-18(5-7-19)16-32(2)3/h4-7,10-15,20,33H,8-9,16H2,1-3H3. The average Bonchev–Trinajstić information content (AvgIpc) is 3.66. The van der Waals surface area contributed by atoms with Gasteiger partial charge in [0.25, 0.3) is 0 Å². The predicted octanol–water partition coefficient (Wildman–Crippen LogP) is 6.89. The number of benzene rings is 3. The van der Waals surface area contributed by atoms with Crippen molar-refractivity contribution in [3.8, 4) is 28.0 Å². The second kappa shape index (κ2) is 8.86. The van der Waals surface area contributed by atoms with Gasteiger partial charge in [0.05, 0.1) is 10.5 Å². The first-order chi connectivity index (χ1) is 16.3. The molecule has 5 rings (SSSR count). The van der Waals surface area contributed by atoms with Gasteiger partial charge in [0.15, 0.2) is 5.78 Å². The van der Waals surface area contributed by atoms with Crippen LogP contribution in [0.25, 0.3) is 33.2 Å². The largest absolute Gasteiger partial charge is 0.506 e. The van der Waals surface area contributed by atoms with Gasteiger partial charge in [-0.25, -0.2) is 0 Å². The number of carbonyl (C=O) groups excluding carboxylic acids is 1. The van der Waals surface area contributed by atoms with Crippen LogP contribution in [0.5, 0.6) is 5.75 Å². The van der Waals surface area contributed by atoms with E-state index in [0.717, 1.165) is 58.1 Å². The summed E-state index contributed by atoms with van der Waals surface area (Å²) in [6, 6.07) is 18.2. The van der Waals surface area contributed by atoms with Crippen LogP contribution in [0, 0.1) is 12.8 Å². The summed E-state index contributed by atoms with van der Waals surface area (Å²) in [4.78, 5) is 20.0. The van der Waals surface area contributed by atoms with E-state index >= 15 is 0 Å². The topological polar surface area (TPSA) is 53.4 Å². The minimum absolute atomic E-state index is 0.101. The molecule has 4 nitrogen and oxygen atoms in total. The Morgan fingerprint density at radius 3 is 2.38 bits per heavy atom. The zero-order valence-electron chi connectivity index (χ0n) is 19.6. The Morgan fingerprint density at radius 2 is 1.74 bits per heavy atom. The SMILES string of the molecule is Cc1cc(-c2ccc3ncc(C(=O)C4CC4)c(-c4ccc(CN(C)C)cc4)c3c2)cc(Cl)c1O. The number of aromatic nitrogens is 1. The molecule has 4 aromatic rings. The van der Waals surface area contributed by atoms with Crippen LogP contribution in [-0.2, 0) is 6.54 Å². The number of ketones is 1. The lowest BCUT2D eigenvalue weighted by molar-refractivity contribution is 0.0968. The molecule has 3 aromatic carbocycles. The van der Waals surface area contributed by atoms with Gasteiger partial charge in [0.1, 0.15) is 5.75 Å². The summed E-state index contributed by atoms with van der Waals surface area (Å²) in [5.74, 6) is 0.382. The minimum atomic E-state index is 0.101. The zero-order valence-corrected chi connectivity index (χ0v) is 20.4. The van der Waals surface area contributed by atoms with E-state index < -0.39 is 0 Å². The summed E-state index contributed by atoms with van der Waals surface area (Å²) in [5, 5.41) is 11.4. The van der Waals surface area contributed by atoms with Crippen LogP contribution in [0.4, 0.5) is 0 Å². The quantitative estimate of drug-likeness (QED) is 0.312. The number of aryl methyl sites for hydroxylation is 1. The van der Waals surface area contributed by atoms with Crippen LogP contribution in [0.3, 0.4) is 0 Å². The number of pyridine rings is 1. The number of Topliss-reactive ketones (excluding diaryl/α,β-unsaturated/α-hetero) is 1. The van der Waals surface area contributed by atoms with Crippen LogP contribution in [-0.4, -0.2) is 34.9 Å². The van der Waals surface area contributed by atoms with Crippen molar-refractivity contribution in [3.05, 3.63) is 82.5 Å². The van der Waals surface area contributed by atoms with E-state index in [9.17, 15) is 9.90 Å². The summed E-state index contributed by atoms with van der Waals surface area (Å²) >= 11 is 6.26. The molecule has 1 fully saturated rings. The van der Waals surface area contributed by atoms with E-state index in [-0.39, 0.29) is 17.5 Å². The summed E-state index contributed by atoms with van der Waals surface area (Å²) in [5.41, 5.74) is 7.27. The molecular weight excluding hydrogens is 444 g/mol. The molecule has 172 valence electrons. The molecule has 1 N–H and O–H groups in total. The van der Waals surface area contributed by atoms with E-state index in [1.165, 1.54) is 5.56 Å². The minimum Gasteiger partial charge on any atom is -0.506 e. The Labute approximate surface area is 204 Å². The lowest BCUT2D eigenvalue weighted by Gasteiger charge is -2.15. The molecule has 0 spiro atoms. The highest BCUT2D eigenvalue weighted by Crippen LogP contribution is 2.40. The lowest BCUT2D eigenvalue weighted by atomic mass is 9.91. The maximum atomic E-state index is 13.2. The zero-order chi connectivity index (χ0) is 24.0. The first kappa shape index (κ1) is 22.6. The molecule has 0 atom stereocenters. The second-order valence-electron chi connectivity index (χ2n) is 9.48. The van der Waals surface area contributed by atoms with Crippen molar-refractivity contribution in [2.75, 3.05) is 14.1 Å². The fraction of sp³-hybridized carbons (Fsp3) is 0.241. The van der Waals surface area contributed by atoms with E-state index in [1.54, 1.807) is 12.3 Å². The fourth-order valence-corrected chi connectivity index (χ4v) is 4.75. The van der Waals surface area contributed by atoms with Gasteiger partial charge < -0.3 is 10.0 Å². The molecule has 0 amide bonds. The third-order valence-electron chi connectivity index (χ3n) is 6.41. The normalized spacial score (nSPS) is 13.6. The average molecular weight is 471 g/mol. The number of hydrogen-bond acceptors (Lipinski definition) is 4. The van der Waals surface area contributed by atoms with Crippen molar-refractivity contribution in [3.63, 3.8) is 0 Å². The maximum Gasteiger partial charge on any atom is 0.168 e. The first-order valence-corrected chi connectivity index (χ1v) is 11.9. The molecule has 1 heterocycles. The first-order valence-electron chi connectivity index (χ1n) is 11.5. The van der Waals surface area contributed by atoms with Crippen molar-refractivity contribution in [2.45, 2.75) is 26.3 Å². The lowest BCUT2D eigenvalue weighted by Crippen LogP contribution is -2.10. The van der Waals surface area contributed by atoms with E-state index in [1.807, 2.05) is 25.1 Å². The van der Waals surface area contributed by atoms with E-state index in [0.29, 0.717) is 10.6 Å². The van der Waals surface area contributed by atoms with Crippen LogP contribution in [0.15, 0.2) is 60.8 Å². The van der Waals surface area contributed by atoms with E-state index in [4.69, 9.17) is 11.6 Å². The summed E-state index contributed by atoms with van der Waals surface area (Å²) in [6.07, 6.45) is 3.64. The number of phenolic OH excluding ortho intramolecular Hbond substituents is 1. The van der Waals surface area contributed by atoms with Gasteiger partial charge in [-0.2, -0.15) is 0 Å². The molecule has 34 heavy (non-hydrogen) atoms. The van der Waals surface area contributed by atoms with Gasteiger partial charge in [-0.1, -0.05) is 41.9 Å². The second-order valence-corrected chi connectivity index (χ2v) is 9.88. The van der Waals surface area contributed by atoms with Crippen LogP contribution >= 0.6 is 11.6 Å². The smallest absolute Gasteiger partial charge is 0.168 e. The van der Waals surface area contributed by atoms with Gasteiger partial charge in [-0.3, -0.25) is 9.78 Å². The van der Waals surface area contributed by atoms with Crippen LogP contribution in [0.2, 0.25) is 5.02 Å². The van der Waals surface area contributed by atoms with Crippen molar-refractivity contribution < 1.29 is 9.90 Å². The third-order valence-corrected chi connectivity index (χ3v) is 6.70. The molecule has 5 heteroatoms. The number of nitrogens with zero attached hydrogens (tertiary/aromatic N) is 2. The molecule has 1 aliphatic rings. The van der Waals surface area contributed by atoms with Crippen molar-refractivity contribution in [1.82, 2.24) is 9.88 Å². The molecular formula is C29H27ClN2O2. The molecule has 1 aliphatic carbocycles. The fourth-order valence-electron chi connectivity index (χ4n) is 4.48. The molecule has 0 bridgehead atoms. The van der Waals surface area contributed by atoms with Crippen LogP contribution in [0.1, 0.15) is 34.3 Å². The van der Waals surface area contributed by atoms with Crippen LogP contribution < -0.4 is 0 Å². The molecule has 0 radical (unpaired) electrons.